The largest absolute Gasteiger partial charge is 0.387 e. The fourth-order valence-electron chi connectivity index (χ4n) is 1.91. The molecule has 13 heteroatoms. The molecular weight excluding hydrogens is 343 g/mol. The van der Waals surface area contributed by atoms with Crippen molar-refractivity contribution < 1.29 is 33.8 Å². The third-order valence-corrected chi connectivity index (χ3v) is 4.36. The Kier molecular flexibility index (Phi) is 5.37. The molecule has 1 aliphatic rings. The van der Waals surface area contributed by atoms with Crippen LogP contribution in [-0.2, 0) is 20.1 Å². The first-order valence-corrected chi connectivity index (χ1v) is 9.10. The first kappa shape index (κ1) is 17.5. The number of aliphatic hydroxyl groups is 2. The third-order valence-electron chi connectivity index (χ3n) is 2.87. The van der Waals surface area contributed by atoms with Gasteiger partial charge >= 0.3 is 5.69 Å². The Morgan fingerprint density at radius 2 is 2.00 bits per heavy atom. The van der Waals surface area contributed by atoms with Crippen molar-refractivity contribution in [1.82, 2.24) is 9.55 Å². The van der Waals surface area contributed by atoms with Crippen LogP contribution in [0.25, 0.3) is 0 Å². The predicted octanol–water partition coefficient (Wildman–Crippen LogP) is -3.44. The van der Waals surface area contributed by atoms with Crippen LogP contribution in [-0.4, -0.2) is 59.4 Å². The van der Waals surface area contributed by atoms with Gasteiger partial charge in [-0.15, -0.1) is 0 Å². The summed E-state index contributed by atoms with van der Waals surface area (Å²) in [5.74, 6) is 0. The Bertz CT molecular complexity index is 689. The zero-order valence-corrected chi connectivity index (χ0v) is 12.7. The molecule has 0 radical (unpaired) electrons. The van der Waals surface area contributed by atoms with E-state index in [4.69, 9.17) is 23.6 Å². The highest BCUT2D eigenvalue weighted by molar-refractivity contribution is 8.13. The molecule has 0 spiro atoms. The molecule has 1 aliphatic heterocycles. The maximum absolute atomic E-state index is 11.6. The van der Waals surface area contributed by atoms with Gasteiger partial charge in [-0.2, -0.15) is 0 Å². The molecule has 0 aliphatic carbocycles. The van der Waals surface area contributed by atoms with E-state index in [1.807, 2.05) is 4.98 Å². The summed E-state index contributed by atoms with van der Waals surface area (Å²) in [6.45, 7) is -4.50. The summed E-state index contributed by atoms with van der Waals surface area (Å²) in [4.78, 5) is 50.9. The lowest BCUT2D eigenvalue weighted by Crippen LogP contribution is -2.37. The number of hydrogen-bond donors (Lipinski definition) is 7. The second kappa shape index (κ2) is 6.74. The molecule has 0 unspecified atom stereocenters. The van der Waals surface area contributed by atoms with E-state index in [9.17, 15) is 19.8 Å². The zero-order chi connectivity index (χ0) is 16.5. The summed E-state index contributed by atoms with van der Waals surface area (Å²) in [5, 5.41) is 19.7. The summed E-state index contributed by atoms with van der Waals surface area (Å²) in [7, 11) is 0. The normalized spacial score (nSPS) is 29.0. The average Bonchev–Trinajstić information content (AvgIpc) is 2.66. The van der Waals surface area contributed by atoms with Gasteiger partial charge in [0.05, 0.1) is 6.61 Å². The van der Waals surface area contributed by atoms with Gasteiger partial charge in [-0.3, -0.25) is 14.3 Å². The quantitative estimate of drug-likeness (QED) is 0.213. The Labute approximate surface area is 126 Å². The fourth-order valence-corrected chi connectivity index (χ4v) is 2.94. The van der Waals surface area contributed by atoms with Crippen molar-refractivity contribution in [1.29, 1.82) is 0 Å². The number of nitrogens with zero attached hydrogens (tertiary/aromatic N) is 1. The number of rotatable bonds is 4. The van der Waals surface area contributed by atoms with E-state index in [1.165, 1.54) is 0 Å². The van der Waals surface area contributed by atoms with Crippen LogP contribution in [0.15, 0.2) is 21.9 Å². The number of thiol groups is 1. The number of H-pyrrole nitrogens is 1. The van der Waals surface area contributed by atoms with E-state index < -0.39 is 53.7 Å². The average molecular weight is 358 g/mol. The molecule has 4 atom stereocenters. The highest BCUT2D eigenvalue weighted by atomic mass is 32.5. The standard InChI is InChI=1S/C9H15N2O9PS/c12-5-1-2-11(9(15)10-5)8-7(14)6(13)4(20-8)3-19-22-21(16,17)18/h1-2,4,6-8,13-14,16-18,22H,3H2,(H,10,12,15)/t4-,6+,7+,8-/m0/s1. The van der Waals surface area contributed by atoms with Crippen LogP contribution in [0.1, 0.15) is 6.23 Å². The molecule has 2 rings (SSSR count). The maximum Gasteiger partial charge on any atom is 0.330 e. The summed E-state index contributed by atoms with van der Waals surface area (Å²) in [6, 6.07) is 1.05. The van der Waals surface area contributed by atoms with Gasteiger partial charge in [-0.05, 0) is 11.2 Å². The second-order valence-electron chi connectivity index (χ2n) is 4.48. The van der Waals surface area contributed by atoms with Crippen molar-refractivity contribution >= 4 is 17.9 Å². The molecule has 22 heavy (non-hydrogen) atoms. The summed E-state index contributed by atoms with van der Waals surface area (Å²) in [5.41, 5.74) is -1.45. The second-order valence-corrected chi connectivity index (χ2v) is 8.07. The molecule has 0 aromatic carbocycles. The van der Waals surface area contributed by atoms with Crippen molar-refractivity contribution in [3.63, 3.8) is 0 Å². The van der Waals surface area contributed by atoms with Crippen LogP contribution >= 0.6 is 6.72 Å². The van der Waals surface area contributed by atoms with Gasteiger partial charge in [-0.1, -0.05) is 0 Å². The lowest BCUT2D eigenvalue weighted by Gasteiger charge is -2.16. The van der Waals surface area contributed by atoms with Crippen molar-refractivity contribution in [2.75, 3.05) is 6.61 Å². The minimum atomic E-state index is -4.14. The summed E-state index contributed by atoms with van der Waals surface area (Å²) in [6.07, 6.45) is -4.09. The zero-order valence-electron chi connectivity index (χ0n) is 10.9. The highest BCUT2D eigenvalue weighted by Gasteiger charge is 2.44. The third kappa shape index (κ3) is 4.13. The Morgan fingerprint density at radius 1 is 1.32 bits per heavy atom. The monoisotopic (exact) mass is 358 g/mol. The predicted molar refractivity (Wildman–Crippen MR) is 75.5 cm³/mol. The number of aromatic amines is 1. The molecule has 0 bridgehead atoms. The molecule has 126 valence electrons. The van der Waals surface area contributed by atoms with E-state index in [0.717, 1.165) is 16.8 Å². The molecule has 0 amide bonds. The lowest BCUT2D eigenvalue weighted by atomic mass is 10.1. The van der Waals surface area contributed by atoms with Gasteiger partial charge in [0.25, 0.3) is 12.3 Å². The summed E-state index contributed by atoms with van der Waals surface area (Å²) >= 11 is -0.496. The first-order chi connectivity index (χ1) is 10.2. The van der Waals surface area contributed by atoms with Crippen LogP contribution < -0.4 is 11.2 Å². The van der Waals surface area contributed by atoms with E-state index in [2.05, 4.69) is 0 Å². The van der Waals surface area contributed by atoms with Crippen LogP contribution in [0.5, 0.6) is 0 Å². The molecule has 11 nitrogen and oxygen atoms in total. The smallest absolute Gasteiger partial charge is 0.330 e. The highest BCUT2D eigenvalue weighted by Crippen LogP contribution is 2.32. The van der Waals surface area contributed by atoms with Crippen molar-refractivity contribution in [2.24, 2.45) is 0 Å². The van der Waals surface area contributed by atoms with Gasteiger partial charge in [0.15, 0.2) is 6.23 Å². The van der Waals surface area contributed by atoms with E-state index in [0.29, 0.717) is 0 Å². The number of hydrogen-bond acceptors (Lipinski definition) is 6. The van der Waals surface area contributed by atoms with Crippen LogP contribution in [0.3, 0.4) is 0 Å². The number of aliphatic hydroxyl groups excluding tert-OH is 2. The Balaban J connectivity index is 2.13. The van der Waals surface area contributed by atoms with Crippen molar-refractivity contribution in [3.05, 3.63) is 33.1 Å². The SMILES string of the molecule is O=c1ccn([C@H]2O[C@@H](CO[SH]=P(O)(O)O)[C@@H](O)[C@H]2O)c(=O)[nH]1. The van der Waals surface area contributed by atoms with Crippen molar-refractivity contribution in [3.8, 4) is 0 Å². The van der Waals surface area contributed by atoms with Crippen LogP contribution in [0.2, 0.25) is 0 Å². The molecular formula is C9H15N2O9PS. The maximum atomic E-state index is 11.6. The molecule has 1 fully saturated rings. The van der Waals surface area contributed by atoms with E-state index in [1.54, 1.807) is 0 Å². The van der Waals surface area contributed by atoms with E-state index >= 15 is 0 Å². The van der Waals surface area contributed by atoms with Crippen LogP contribution in [0.4, 0.5) is 0 Å². The molecule has 2 heterocycles. The molecule has 1 aromatic rings. The minimum absolute atomic E-state index is 0.363. The molecule has 1 saturated heterocycles. The first-order valence-electron chi connectivity index (χ1n) is 5.94. The van der Waals surface area contributed by atoms with Gasteiger partial charge in [0.1, 0.15) is 18.3 Å². The topological polar surface area (TPSA) is 174 Å². The van der Waals surface area contributed by atoms with Gasteiger partial charge < -0.3 is 33.8 Å². The molecule has 6 N–H and O–H groups in total. The lowest BCUT2D eigenvalue weighted by molar-refractivity contribution is -0.0496. The molecule has 0 saturated carbocycles. The Morgan fingerprint density at radius 3 is 2.59 bits per heavy atom. The number of aromatic nitrogens is 2. The van der Waals surface area contributed by atoms with Crippen molar-refractivity contribution in [2.45, 2.75) is 24.5 Å². The minimum Gasteiger partial charge on any atom is -0.387 e. The van der Waals surface area contributed by atoms with Gasteiger partial charge in [0, 0.05) is 12.3 Å². The van der Waals surface area contributed by atoms with Crippen LogP contribution in [0, 0.1) is 0 Å². The van der Waals surface area contributed by atoms with E-state index in [-0.39, 0.29) is 6.61 Å². The number of ether oxygens (including phenoxy) is 1. The Hall–Kier alpha value is -0.820. The molecule has 1 aromatic heterocycles. The number of nitrogens with one attached hydrogen (secondary N) is 1. The van der Waals surface area contributed by atoms with Gasteiger partial charge in [0.2, 0.25) is 0 Å². The fraction of sp³-hybridized carbons (Fsp3) is 0.556. The van der Waals surface area contributed by atoms with Gasteiger partial charge in [-0.25, -0.2) is 4.79 Å². The summed E-state index contributed by atoms with van der Waals surface area (Å²) < 4.78 is 10.9.